The number of hydrogen-bond donors (Lipinski definition) is 1. The van der Waals surface area contributed by atoms with E-state index < -0.39 is 11.7 Å². The Bertz CT molecular complexity index is 656. The minimum Gasteiger partial charge on any atom is -0.348 e. The molecule has 2 rings (SSSR count). The lowest BCUT2D eigenvalue weighted by Gasteiger charge is -2.10. The second kappa shape index (κ2) is 7.38. The molecule has 0 fully saturated rings. The number of halogens is 2. The predicted octanol–water partition coefficient (Wildman–Crippen LogP) is 3.47. The second-order valence-electron chi connectivity index (χ2n) is 5.36. The first-order valence-electron chi connectivity index (χ1n) is 6.91. The van der Waals surface area contributed by atoms with Gasteiger partial charge in [-0.15, -0.1) is 0 Å². The van der Waals surface area contributed by atoms with Gasteiger partial charge in [-0.25, -0.2) is 4.39 Å². The van der Waals surface area contributed by atoms with Gasteiger partial charge in [0.1, 0.15) is 5.82 Å². The van der Waals surface area contributed by atoms with Crippen LogP contribution in [0.4, 0.5) is 4.39 Å². The normalized spacial score (nSPS) is 10.8. The monoisotopic (exact) mass is 320 g/mol. The molecule has 0 saturated carbocycles. The van der Waals surface area contributed by atoms with Crippen LogP contribution in [0.25, 0.3) is 0 Å². The number of carbonyl (C=O) groups is 1. The van der Waals surface area contributed by atoms with Crippen LogP contribution < -0.4 is 5.32 Å². The van der Waals surface area contributed by atoms with Gasteiger partial charge in [-0.05, 0) is 43.4 Å². The summed E-state index contributed by atoms with van der Waals surface area (Å²) in [6.07, 6.45) is 0. The van der Waals surface area contributed by atoms with Gasteiger partial charge in [0.05, 0.1) is 5.56 Å². The number of hydrogen-bond acceptors (Lipinski definition) is 2. The van der Waals surface area contributed by atoms with Crippen LogP contribution in [0.5, 0.6) is 0 Å². The van der Waals surface area contributed by atoms with Gasteiger partial charge in [-0.1, -0.05) is 35.9 Å². The first kappa shape index (κ1) is 16.5. The molecule has 0 atom stereocenters. The quantitative estimate of drug-likeness (QED) is 0.915. The number of rotatable bonds is 5. The molecular weight excluding hydrogens is 303 g/mol. The second-order valence-corrected chi connectivity index (χ2v) is 5.80. The van der Waals surface area contributed by atoms with E-state index in [-0.39, 0.29) is 10.6 Å². The van der Waals surface area contributed by atoms with Crippen molar-refractivity contribution in [3.05, 3.63) is 70.0 Å². The molecule has 0 radical (unpaired) electrons. The molecule has 0 bridgehead atoms. The van der Waals surface area contributed by atoms with E-state index >= 15 is 0 Å². The lowest BCUT2D eigenvalue weighted by Crippen LogP contribution is -2.23. The van der Waals surface area contributed by atoms with Gasteiger partial charge in [0.15, 0.2) is 0 Å². The Hall–Kier alpha value is -1.91. The third-order valence-corrected chi connectivity index (χ3v) is 3.39. The number of amides is 1. The molecule has 2 aromatic rings. The number of benzene rings is 2. The smallest absolute Gasteiger partial charge is 0.254 e. The zero-order chi connectivity index (χ0) is 16.1. The van der Waals surface area contributed by atoms with E-state index in [0.29, 0.717) is 6.54 Å². The lowest BCUT2D eigenvalue weighted by atomic mass is 10.1. The van der Waals surface area contributed by atoms with Gasteiger partial charge in [-0.3, -0.25) is 4.79 Å². The highest BCUT2D eigenvalue weighted by atomic mass is 35.5. The maximum absolute atomic E-state index is 13.7. The summed E-state index contributed by atoms with van der Waals surface area (Å²) >= 11 is 5.67. The molecule has 0 unspecified atom stereocenters. The predicted molar refractivity (Wildman–Crippen MR) is 86.4 cm³/mol. The molecule has 5 heteroatoms. The topological polar surface area (TPSA) is 32.3 Å². The maximum atomic E-state index is 13.7. The standard InChI is InChI=1S/C17H18ClFN2O/c1-21(2)11-13-5-3-12(4-6-13)10-20-17(22)15-8-7-14(18)9-16(15)19/h3-9H,10-11H2,1-2H3,(H,20,22). The van der Waals surface area contributed by atoms with Gasteiger partial charge in [0, 0.05) is 18.1 Å². The Balaban J connectivity index is 1.96. The van der Waals surface area contributed by atoms with E-state index in [2.05, 4.69) is 10.2 Å². The molecule has 2 aromatic carbocycles. The molecule has 0 spiro atoms. The van der Waals surface area contributed by atoms with Crippen molar-refractivity contribution in [2.45, 2.75) is 13.1 Å². The molecular formula is C17H18ClFN2O. The summed E-state index contributed by atoms with van der Waals surface area (Å²) < 4.78 is 13.7. The summed E-state index contributed by atoms with van der Waals surface area (Å²) in [5.41, 5.74) is 2.16. The van der Waals surface area contributed by atoms with Crippen molar-refractivity contribution in [3.8, 4) is 0 Å². The molecule has 0 aliphatic heterocycles. The van der Waals surface area contributed by atoms with E-state index in [0.717, 1.165) is 18.2 Å². The van der Waals surface area contributed by atoms with Crippen molar-refractivity contribution >= 4 is 17.5 Å². The van der Waals surface area contributed by atoms with Crippen molar-refractivity contribution in [3.63, 3.8) is 0 Å². The molecule has 3 nitrogen and oxygen atoms in total. The number of nitrogens with zero attached hydrogens (tertiary/aromatic N) is 1. The fraction of sp³-hybridized carbons (Fsp3) is 0.235. The third-order valence-electron chi connectivity index (χ3n) is 3.15. The van der Waals surface area contributed by atoms with E-state index in [1.807, 2.05) is 38.4 Å². The Morgan fingerprint density at radius 2 is 1.77 bits per heavy atom. The zero-order valence-electron chi connectivity index (χ0n) is 12.6. The van der Waals surface area contributed by atoms with Crippen LogP contribution in [0.15, 0.2) is 42.5 Å². The zero-order valence-corrected chi connectivity index (χ0v) is 13.3. The molecule has 0 aliphatic rings. The Morgan fingerprint density at radius 1 is 1.14 bits per heavy atom. The SMILES string of the molecule is CN(C)Cc1ccc(CNC(=O)c2ccc(Cl)cc2F)cc1. The van der Waals surface area contributed by atoms with Gasteiger partial charge in [0.2, 0.25) is 0 Å². The van der Waals surface area contributed by atoms with Crippen molar-refractivity contribution in [1.29, 1.82) is 0 Å². The Labute approximate surface area is 134 Å². The molecule has 116 valence electrons. The van der Waals surface area contributed by atoms with Crippen molar-refractivity contribution in [1.82, 2.24) is 10.2 Å². The van der Waals surface area contributed by atoms with Gasteiger partial charge in [-0.2, -0.15) is 0 Å². The average Bonchev–Trinajstić information content (AvgIpc) is 2.45. The molecule has 0 aliphatic carbocycles. The van der Waals surface area contributed by atoms with Crippen LogP contribution >= 0.6 is 11.6 Å². The van der Waals surface area contributed by atoms with Crippen LogP contribution in [0.1, 0.15) is 21.5 Å². The van der Waals surface area contributed by atoms with Gasteiger partial charge < -0.3 is 10.2 Å². The summed E-state index contributed by atoms with van der Waals surface area (Å²) in [4.78, 5) is 14.0. The minimum atomic E-state index is -0.619. The molecule has 1 N–H and O–H groups in total. The Morgan fingerprint density at radius 3 is 2.36 bits per heavy atom. The highest BCUT2D eigenvalue weighted by Crippen LogP contribution is 2.14. The van der Waals surface area contributed by atoms with Crippen molar-refractivity contribution in [2.24, 2.45) is 0 Å². The molecule has 1 amide bonds. The first-order valence-corrected chi connectivity index (χ1v) is 7.29. The first-order chi connectivity index (χ1) is 10.5. The summed E-state index contributed by atoms with van der Waals surface area (Å²) in [6.45, 7) is 1.21. The summed E-state index contributed by atoms with van der Waals surface area (Å²) in [5, 5.41) is 2.97. The highest BCUT2D eigenvalue weighted by Gasteiger charge is 2.11. The van der Waals surface area contributed by atoms with Crippen LogP contribution in [0, 0.1) is 5.82 Å². The molecule has 0 saturated heterocycles. The van der Waals surface area contributed by atoms with Crippen LogP contribution in [0.3, 0.4) is 0 Å². The summed E-state index contributed by atoms with van der Waals surface area (Å²) in [5.74, 6) is -1.07. The third kappa shape index (κ3) is 4.55. The minimum absolute atomic E-state index is 0.00590. The largest absolute Gasteiger partial charge is 0.348 e. The van der Waals surface area contributed by atoms with Crippen molar-refractivity contribution in [2.75, 3.05) is 14.1 Å². The average molecular weight is 321 g/mol. The van der Waals surface area contributed by atoms with Gasteiger partial charge >= 0.3 is 0 Å². The Kier molecular flexibility index (Phi) is 5.52. The molecule has 0 aromatic heterocycles. The van der Waals surface area contributed by atoms with E-state index in [1.54, 1.807) is 0 Å². The lowest BCUT2D eigenvalue weighted by molar-refractivity contribution is 0.0947. The van der Waals surface area contributed by atoms with Crippen LogP contribution in [0.2, 0.25) is 5.02 Å². The number of nitrogens with one attached hydrogen (secondary N) is 1. The maximum Gasteiger partial charge on any atom is 0.254 e. The highest BCUT2D eigenvalue weighted by molar-refractivity contribution is 6.30. The van der Waals surface area contributed by atoms with E-state index in [1.165, 1.54) is 17.7 Å². The van der Waals surface area contributed by atoms with Crippen LogP contribution in [-0.2, 0) is 13.1 Å². The summed E-state index contributed by atoms with van der Waals surface area (Å²) in [7, 11) is 4.02. The molecule has 22 heavy (non-hydrogen) atoms. The molecule has 0 heterocycles. The fourth-order valence-corrected chi connectivity index (χ4v) is 2.24. The summed E-state index contributed by atoms with van der Waals surface area (Å²) in [6, 6.07) is 12.0. The fourth-order valence-electron chi connectivity index (χ4n) is 2.08. The van der Waals surface area contributed by atoms with E-state index in [4.69, 9.17) is 11.6 Å². The van der Waals surface area contributed by atoms with Crippen LogP contribution in [-0.4, -0.2) is 24.9 Å². The number of carbonyl (C=O) groups excluding carboxylic acids is 1. The van der Waals surface area contributed by atoms with Crippen molar-refractivity contribution < 1.29 is 9.18 Å². The van der Waals surface area contributed by atoms with E-state index in [9.17, 15) is 9.18 Å². The van der Waals surface area contributed by atoms with Gasteiger partial charge in [0.25, 0.3) is 5.91 Å².